The molecule has 3 N–H and O–H groups in total. The average Bonchev–Trinajstić information content (AvgIpc) is 2.85. The molecule has 0 radical (unpaired) electrons. The summed E-state index contributed by atoms with van der Waals surface area (Å²) in [6, 6.07) is 23.3. The number of carbonyl (C=O) groups is 2. The van der Waals surface area contributed by atoms with Crippen molar-refractivity contribution >= 4 is 27.8 Å². The molecule has 0 fully saturated rings. The highest BCUT2D eigenvalue weighted by Gasteiger charge is 2.34. The van der Waals surface area contributed by atoms with Crippen LogP contribution in [0.1, 0.15) is 28.7 Å². The van der Waals surface area contributed by atoms with E-state index in [0.717, 1.165) is 22.3 Å². The van der Waals surface area contributed by atoms with Gasteiger partial charge in [0, 0.05) is 25.9 Å². The van der Waals surface area contributed by atoms with Crippen molar-refractivity contribution in [1.82, 2.24) is 10.2 Å². The molecule has 182 valence electrons. The maximum absolute atomic E-state index is 13.3. The lowest BCUT2D eigenvalue weighted by molar-refractivity contribution is -0.141. The molecule has 0 bridgehead atoms. The van der Waals surface area contributed by atoms with Crippen LogP contribution in [0.5, 0.6) is 0 Å². The molecule has 0 aromatic heterocycles. The Bertz CT molecular complexity index is 1300. The van der Waals surface area contributed by atoms with Crippen molar-refractivity contribution in [2.45, 2.75) is 38.4 Å². The summed E-state index contributed by atoms with van der Waals surface area (Å²) >= 11 is 0. The van der Waals surface area contributed by atoms with Gasteiger partial charge < -0.3 is 10.2 Å². The summed E-state index contributed by atoms with van der Waals surface area (Å²) in [6.45, 7) is 0.514. The standard InChI is InChI=1S/C26H27N3O5S/c30-25(14-11-19-7-3-1-4-8-19)29-18-22-15-23(28-35(32,33)34)13-12-21(22)16-24(29)26(31)27-17-20-9-5-2-6-10-20/h1-10,12-13,15,24,28H,11,14,16-18H2,(H,27,31)(H,32,33,34). The van der Waals surface area contributed by atoms with Crippen LogP contribution in [-0.2, 0) is 45.8 Å². The van der Waals surface area contributed by atoms with Gasteiger partial charge in [-0.05, 0) is 40.8 Å². The highest BCUT2D eigenvalue weighted by Crippen LogP contribution is 2.27. The number of hydrogen-bond acceptors (Lipinski definition) is 4. The second-order valence-corrected chi connectivity index (χ2v) is 9.65. The minimum atomic E-state index is -4.43. The van der Waals surface area contributed by atoms with Gasteiger partial charge in [0.25, 0.3) is 0 Å². The van der Waals surface area contributed by atoms with E-state index in [1.54, 1.807) is 17.0 Å². The fraction of sp³-hybridized carbons (Fsp3) is 0.231. The minimum Gasteiger partial charge on any atom is -0.350 e. The summed E-state index contributed by atoms with van der Waals surface area (Å²) in [5, 5.41) is 2.94. The number of anilines is 1. The fourth-order valence-electron chi connectivity index (χ4n) is 4.24. The fourth-order valence-corrected chi connectivity index (χ4v) is 4.66. The van der Waals surface area contributed by atoms with E-state index in [1.807, 2.05) is 65.4 Å². The van der Waals surface area contributed by atoms with Crippen LogP contribution in [0.25, 0.3) is 0 Å². The van der Waals surface area contributed by atoms with Gasteiger partial charge in [0.15, 0.2) is 0 Å². The SMILES string of the molecule is O=C(NCc1ccccc1)C1Cc2ccc(NS(=O)(=O)O)cc2CN1C(=O)CCc1ccccc1. The molecule has 1 unspecified atom stereocenters. The molecule has 0 aliphatic carbocycles. The maximum atomic E-state index is 13.3. The van der Waals surface area contributed by atoms with E-state index in [9.17, 15) is 18.0 Å². The molecule has 1 aliphatic rings. The molecule has 4 rings (SSSR count). The predicted octanol–water partition coefficient (Wildman–Crippen LogP) is 3.10. The third kappa shape index (κ3) is 6.68. The number of nitrogens with zero attached hydrogens (tertiary/aromatic N) is 1. The first-order valence-electron chi connectivity index (χ1n) is 11.3. The molecule has 1 heterocycles. The number of fused-ring (bicyclic) bond motifs is 1. The number of hydrogen-bond donors (Lipinski definition) is 3. The Morgan fingerprint density at radius 1 is 0.914 bits per heavy atom. The van der Waals surface area contributed by atoms with Crippen molar-refractivity contribution in [3.05, 3.63) is 101 Å². The molecule has 0 saturated carbocycles. The topological polar surface area (TPSA) is 116 Å². The lowest BCUT2D eigenvalue weighted by Gasteiger charge is -2.36. The quantitative estimate of drug-likeness (QED) is 0.417. The van der Waals surface area contributed by atoms with Crippen LogP contribution < -0.4 is 10.0 Å². The molecule has 1 aliphatic heterocycles. The van der Waals surface area contributed by atoms with Gasteiger partial charge in [-0.2, -0.15) is 8.42 Å². The van der Waals surface area contributed by atoms with E-state index in [-0.39, 0.29) is 30.5 Å². The molecular weight excluding hydrogens is 466 g/mol. The first-order valence-corrected chi connectivity index (χ1v) is 12.7. The number of carbonyl (C=O) groups excluding carboxylic acids is 2. The number of benzene rings is 3. The molecular formula is C26H27N3O5S. The van der Waals surface area contributed by atoms with Crippen molar-refractivity contribution in [2.75, 3.05) is 4.72 Å². The van der Waals surface area contributed by atoms with Crippen molar-refractivity contribution in [3.8, 4) is 0 Å². The van der Waals surface area contributed by atoms with Crippen LogP contribution in [-0.4, -0.2) is 35.7 Å². The Morgan fingerprint density at radius 2 is 1.57 bits per heavy atom. The first-order chi connectivity index (χ1) is 16.8. The van der Waals surface area contributed by atoms with Crippen LogP contribution in [0, 0.1) is 0 Å². The molecule has 2 amide bonds. The van der Waals surface area contributed by atoms with E-state index in [2.05, 4.69) is 5.32 Å². The van der Waals surface area contributed by atoms with Crippen LogP contribution >= 0.6 is 0 Å². The van der Waals surface area contributed by atoms with Crippen LogP contribution in [0.2, 0.25) is 0 Å². The Hall–Kier alpha value is -3.69. The third-order valence-corrected chi connectivity index (χ3v) is 6.48. The molecule has 0 spiro atoms. The smallest absolute Gasteiger partial charge is 0.350 e. The predicted molar refractivity (Wildman–Crippen MR) is 133 cm³/mol. The maximum Gasteiger partial charge on any atom is 0.357 e. The number of aryl methyl sites for hydroxylation is 1. The molecule has 35 heavy (non-hydrogen) atoms. The Kier molecular flexibility index (Phi) is 7.48. The lowest BCUT2D eigenvalue weighted by atomic mass is 9.92. The zero-order valence-electron chi connectivity index (χ0n) is 19.1. The minimum absolute atomic E-state index is 0.160. The molecule has 8 nitrogen and oxygen atoms in total. The zero-order valence-corrected chi connectivity index (χ0v) is 19.9. The Labute approximate surface area is 204 Å². The number of amides is 2. The van der Waals surface area contributed by atoms with Gasteiger partial charge in [0.2, 0.25) is 11.8 Å². The van der Waals surface area contributed by atoms with E-state index >= 15 is 0 Å². The second kappa shape index (κ2) is 10.7. The summed E-state index contributed by atoms with van der Waals surface area (Å²) in [5.41, 5.74) is 3.74. The lowest BCUT2D eigenvalue weighted by Crippen LogP contribution is -2.52. The summed E-state index contributed by atoms with van der Waals surface area (Å²) < 4.78 is 33.6. The summed E-state index contributed by atoms with van der Waals surface area (Å²) in [7, 11) is -4.43. The van der Waals surface area contributed by atoms with Gasteiger partial charge in [-0.15, -0.1) is 0 Å². The molecule has 3 aromatic carbocycles. The summed E-state index contributed by atoms with van der Waals surface area (Å²) in [6.07, 6.45) is 1.09. The van der Waals surface area contributed by atoms with Crippen LogP contribution in [0.4, 0.5) is 5.69 Å². The normalized spacial score (nSPS) is 15.2. The molecule has 0 saturated heterocycles. The van der Waals surface area contributed by atoms with Gasteiger partial charge in [-0.25, -0.2) is 0 Å². The van der Waals surface area contributed by atoms with Gasteiger partial charge in [-0.1, -0.05) is 66.7 Å². The average molecular weight is 494 g/mol. The number of rotatable bonds is 8. The third-order valence-electron chi connectivity index (χ3n) is 5.99. The monoisotopic (exact) mass is 493 g/mol. The highest BCUT2D eigenvalue weighted by atomic mass is 32.2. The zero-order chi connectivity index (χ0) is 24.8. The van der Waals surface area contributed by atoms with Gasteiger partial charge in [-0.3, -0.25) is 18.9 Å². The van der Waals surface area contributed by atoms with Gasteiger partial charge in [0.1, 0.15) is 6.04 Å². The molecule has 1 atom stereocenters. The van der Waals surface area contributed by atoms with E-state index in [0.29, 0.717) is 19.4 Å². The second-order valence-electron chi connectivity index (χ2n) is 8.49. The van der Waals surface area contributed by atoms with Crippen LogP contribution in [0.3, 0.4) is 0 Å². The van der Waals surface area contributed by atoms with Crippen molar-refractivity contribution in [1.29, 1.82) is 0 Å². The van der Waals surface area contributed by atoms with E-state index < -0.39 is 16.3 Å². The van der Waals surface area contributed by atoms with Crippen molar-refractivity contribution in [3.63, 3.8) is 0 Å². The van der Waals surface area contributed by atoms with Crippen LogP contribution in [0.15, 0.2) is 78.9 Å². The van der Waals surface area contributed by atoms with Crippen molar-refractivity contribution in [2.24, 2.45) is 0 Å². The van der Waals surface area contributed by atoms with Crippen molar-refractivity contribution < 1.29 is 22.6 Å². The molecule has 3 aromatic rings. The summed E-state index contributed by atoms with van der Waals surface area (Å²) in [5.74, 6) is -0.403. The Morgan fingerprint density at radius 3 is 2.23 bits per heavy atom. The van der Waals surface area contributed by atoms with Gasteiger partial charge >= 0.3 is 10.3 Å². The van der Waals surface area contributed by atoms with E-state index in [1.165, 1.54) is 6.07 Å². The first kappa shape index (κ1) is 24.4. The van der Waals surface area contributed by atoms with Gasteiger partial charge in [0.05, 0.1) is 5.69 Å². The Balaban J connectivity index is 1.54. The summed E-state index contributed by atoms with van der Waals surface area (Å²) in [4.78, 5) is 28.0. The number of nitrogens with one attached hydrogen (secondary N) is 2. The highest BCUT2D eigenvalue weighted by molar-refractivity contribution is 7.87. The van der Waals surface area contributed by atoms with E-state index in [4.69, 9.17) is 4.55 Å². The molecule has 9 heteroatoms. The largest absolute Gasteiger partial charge is 0.357 e.